The normalized spacial score (nSPS) is 14.4. The highest BCUT2D eigenvalue weighted by Crippen LogP contribution is 2.34. The van der Waals surface area contributed by atoms with Crippen LogP contribution in [0.3, 0.4) is 0 Å². The van der Waals surface area contributed by atoms with Gasteiger partial charge in [0.25, 0.3) is 0 Å². The van der Waals surface area contributed by atoms with Gasteiger partial charge in [-0.25, -0.2) is 4.98 Å². The van der Waals surface area contributed by atoms with E-state index >= 15 is 0 Å². The number of hydrogen-bond donors (Lipinski definition) is 1. The van der Waals surface area contributed by atoms with E-state index in [2.05, 4.69) is 58.2 Å². The lowest BCUT2D eigenvalue weighted by Crippen LogP contribution is -2.32. The second-order valence-corrected chi connectivity index (χ2v) is 10.9. The molecule has 2 aromatic carbocycles. The van der Waals surface area contributed by atoms with Crippen LogP contribution in [0.25, 0.3) is 33.5 Å². The third kappa shape index (κ3) is 5.40. The van der Waals surface area contributed by atoms with E-state index in [-0.39, 0.29) is 11.2 Å². The highest BCUT2D eigenvalue weighted by Gasteiger charge is 2.27. The Balaban J connectivity index is 1.57. The first kappa shape index (κ1) is 23.5. The molecule has 1 amide bonds. The van der Waals surface area contributed by atoms with E-state index < -0.39 is 0 Å². The summed E-state index contributed by atoms with van der Waals surface area (Å²) in [5, 5.41) is 13.9. The fourth-order valence-electron chi connectivity index (χ4n) is 4.04. The molecule has 1 atom stereocenters. The lowest BCUT2D eigenvalue weighted by Gasteiger charge is -2.16. The third-order valence-electron chi connectivity index (χ3n) is 6.25. The van der Waals surface area contributed by atoms with Gasteiger partial charge in [-0.15, -0.1) is 10.2 Å². The van der Waals surface area contributed by atoms with Gasteiger partial charge in [0.15, 0.2) is 11.0 Å². The second kappa shape index (κ2) is 10.2. The molecule has 1 unspecified atom stereocenters. The van der Waals surface area contributed by atoms with Crippen LogP contribution in [0.15, 0.2) is 65.8 Å². The van der Waals surface area contributed by atoms with E-state index in [1.807, 2.05) is 43.3 Å². The van der Waals surface area contributed by atoms with Gasteiger partial charge in [0.05, 0.1) is 16.5 Å². The van der Waals surface area contributed by atoms with E-state index in [0.717, 1.165) is 64.5 Å². The fraction of sp³-hybridized carbons (Fsp3) is 0.357. The van der Waals surface area contributed by atoms with Crippen LogP contribution in [-0.4, -0.2) is 36.9 Å². The lowest BCUT2D eigenvalue weighted by atomic mass is 10.0. The van der Waals surface area contributed by atoms with Gasteiger partial charge in [0.1, 0.15) is 0 Å². The van der Waals surface area contributed by atoms with Crippen molar-refractivity contribution in [2.24, 2.45) is 5.92 Å². The van der Waals surface area contributed by atoms with E-state index in [1.54, 1.807) is 0 Å². The summed E-state index contributed by atoms with van der Waals surface area (Å²) in [5.41, 5.74) is 3.90. The van der Waals surface area contributed by atoms with E-state index in [1.165, 1.54) is 11.8 Å². The van der Waals surface area contributed by atoms with Crippen LogP contribution in [0.5, 0.6) is 0 Å². The Morgan fingerprint density at radius 1 is 1.06 bits per heavy atom. The first-order valence-electron chi connectivity index (χ1n) is 12.4. The van der Waals surface area contributed by atoms with E-state index in [0.29, 0.717) is 12.0 Å². The van der Waals surface area contributed by atoms with Crippen LogP contribution in [0, 0.1) is 5.92 Å². The summed E-state index contributed by atoms with van der Waals surface area (Å²) in [6.45, 7) is 7.17. The summed E-state index contributed by atoms with van der Waals surface area (Å²) in [4.78, 5) is 17.6. The van der Waals surface area contributed by atoms with Crippen molar-refractivity contribution >= 4 is 28.6 Å². The van der Waals surface area contributed by atoms with Crippen molar-refractivity contribution in [3.05, 3.63) is 60.7 Å². The summed E-state index contributed by atoms with van der Waals surface area (Å²) < 4.78 is 2.18. The highest BCUT2D eigenvalue weighted by atomic mass is 32.2. The van der Waals surface area contributed by atoms with Crippen LogP contribution in [0.4, 0.5) is 0 Å². The summed E-state index contributed by atoms with van der Waals surface area (Å²) in [7, 11) is 0. The van der Waals surface area contributed by atoms with Gasteiger partial charge in [-0.1, -0.05) is 74.1 Å². The van der Waals surface area contributed by atoms with Crippen LogP contribution in [-0.2, 0) is 11.3 Å². The quantitative estimate of drug-likeness (QED) is 0.296. The summed E-state index contributed by atoms with van der Waals surface area (Å²) in [6.07, 6.45) is 3.16. The number of fused-ring (bicyclic) bond motifs is 1. The zero-order chi connectivity index (χ0) is 24.4. The predicted molar refractivity (Wildman–Crippen MR) is 142 cm³/mol. The number of thioether (sulfide) groups is 1. The first-order chi connectivity index (χ1) is 17.0. The number of benzene rings is 2. The SMILES string of the molecule is CC(C)CCn1c(SC(C)C(=O)NC2CC2)nnc1-c1cc(-c2ccccc2)nc2ccccc12. The molecule has 2 aromatic heterocycles. The topological polar surface area (TPSA) is 72.7 Å². The number of para-hydroxylation sites is 1. The van der Waals surface area contributed by atoms with Crippen molar-refractivity contribution < 1.29 is 4.79 Å². The molecule has 0 aliphatic heterocycles. The molecule has 5 rings (SSSR count). The maximum absolute atomic E-state index is 12.6. The van der Waals surface area contributed by atoms with Crippen LogP contribution in [0.1, 0.15) is 40.0 Å². The smallest absolute Gasteiger partial charge is 0.233 e. The molecule has 0 radical (unpaired) electrons. The largest absolute Gasteiger partial charge is 0.352 e. The zero-order valence-corrected chi connectivity index (χ0v) is 21.3. The number of pyridine rings is 1. The van der Waals surface area contributed by atoms with Crippen molar-refractivity contribution in [1.29, 1.82) is 0 Å². The average molecular weight is 486 g/mol. The molecule has 7 heteroatoms. The van der Waals surface area contributed by atoms with Crippen molar-refractivity contribution in [3.8, 4) is 22.6 Å². The average Bonchev–Trinajstić information content (AvgIpc) is 3.60. The second-order valence-electron chi connectivity index (χ2n) is 9.62. The summed E-state index contributed by atoms with van der Waals surface area (Å²) in [5.74, 6) is 1.42. The Morgan fingerprint density at radius 2 is 1.80 bits per heavy atom. The number of nitrogens with one attached hydrogen (secondary N) is 1. The third-order valence-corrected chi connectivity index (χ3v) is 7.33. The zero-order valence-electron chi connectivity index (χ0n) is 20.4. The van der Waals surface area contributed by atoms with E-state index in [4.69, 9.17) is 4.98 Å². The molecule has 1 N–H and O–H groups in total. The molecule has 180 valence electrons. The molecule has 35 heavy (non-hydrogen) atoms. The number of nitrogens with zero attached hydrogens (tertiary/aromatic N) is 4. The molecular formula is C28H31N5OS. The van der Waals surface area contributed by atoms with Crippen LogP contribution >= 0.6 is 11.8 Å². The van der Waals surface area contributed by atoms with Crippen molar-refractivity contribution in [2.75, 3.05) is 0 Å². The number of aromatic nitrogens is 4. The Morgan fingerprint density at radius 3 is 2.54 bits per heavy atom. The number of carbonyl (C=O) groups is 1. The molecule has 0 spiro atoms. The van der Waals surface area contributed by atoms with Gasteiger partial charge >= 0.3 is 0 Å². The van der Waals surface area contributed by atoms with Crippen molar-refractivity contribution in [3.63, 3.8) is 0 Å². The molecule has 0 saturated heterocycles. The standard InChI is InChI=1S/C28H31N5OS/c1-18(2)15-16-33-26(31-32-28(33)35-19(3)27(34)29-21-13-14-21)23-17-25(20-9-5-4-6-10-20)30-24-12-8-7-11-22(23)24/h4-12,17-19,21H,13-16H2,1-3H3,(H,29,34). The van der Waals surface area contributed by atoms with Crippen molar-refractivity contribution in [1.82, 2.24) is 25.1 Å². The summed E-state index contributed by atoms with van der Waals surface area (Å²) >= 11 is 1.48. The van der Waals surface area contributed by atoms with Gasteiger partial charge in [-0.3, -0.25) is 4.79 Å². The maximum Gasteiger partial charge on any atom is 0.233 e. The fourth-order valence-corrected chi connectivity index (χ4v) is 4.92. The van der Waals surface area contributed by atoms with E-state index in [9.17, 15) is 4.79 Å². The van der Waals surface area contributed by atoms with Gasteiger partial charge in [0.2, 0.25) is 5.91 Å². The highest BCUT2D eigenvalue weighted by molar-refractivity contribution is 8.00. The number of hydrogen-bond acceptors (Lipinski definition) is 5. The minimum atomic E-state index is -0.237. The Labute approximate surface area is 210 Å². The Hall–Kier alpha value is -3.19. The molecular weight excluding hydrogens is 454 g/mol. The predicted octanol–water partition coefficient (Wildman–Crippen LogP) is 5.97. The molecule has 1 fully saturated rings. The molecule has 4 aromatic rings. The summed E-state index contributed by atoms with van der Waals surface area (Å²) in [6, 6.07) is 20.9. The maximum atomic E-state index is 12.6. The minimum Gasteiger partial charge on any atom is -0.352 e. The van der Waals surface area contributed by atoms with Gasteiger partial charge in [-0.2, -0.15) is 0 Å². The molecule has 6 nitrogen and oxygen atoms in total. The monoisotopic (exact) mass is 485 g/mol. The number of carbonyl (C=O) groups excluding carboxylic acids is 1. The lowest BCUT2D eigenvalue weighted by molar-refractivity contribution is -0.120. The Bertz CT molecular complexity index is 1330. The van der Waals surface area contributed by atoms with Crippen LogP contribution < -0.4 is 5.32 Å². The molecule has 1 saturated carbocycles. The molecule has 2 heterocycles. The van der Waals surface area contributed by atoms with Gasteiger partial charge in [-0.05, 0) is 44.2 Å². The van der Waals surface area contributed by atoms with Crippen LogP contribution in [0.2, 0.25) is 0 Å². The Kier molecular flexibility index (Phi) is 6.86. The van der Waals surface area contributed by atoms with Gasteiger partial charge < -0.3 is 9.88 Å². The minimum absolute atomic E-state index is 0.0678. The molecule has 1 aliphatic rings. The number of amides is 1. The first-order valence-corrected chi connectivity index (χ1v) is 13.2. The molecule has 0 bridgehead atoms. The van der Waals surface area contributed by atoms with Gasteiger partial charge in [0, 0.05) is 29.1 Å². The molecule has 1 aliphatic carbocycles. The number of rotatable bonds is 9. The van der Waals surface area contributed by atoms with Crippen molar-refractivity contribution in [2.45, 2.75) is 63.0 Å².